The molecule has 1 aromatic heterocycles. The Balaban J connectivity index is 1.72. The summed E-state index contributed by atoms with van der Waals surface area (Å²) in [5, 5.41) is 3.39. The van der Waals surface area contributed by atoms with E-state index in [9.17, 15) is 0 Å². The third-order valence-corrected chi connectivity index (χ3v) is 4.70. The van der Waals surface area contributed by atoms with E-state index in [1.54, 1.807) is 0 Å². The van der Waals surface area contributed by atoms with Gasteiger partial charge in [0.15, 0.2) is 0 Å². The number of nitrogens with one attached hydrogen (secondary N) is 1. The highest BCUT2D eigenvalue weighted by Gasteiger charge is 2.27. The van der Waals surface area contributed by atoms with Gasteiger partial charge in [-0.1, -0.05) is 12.1 Å². The SMILES string of the molecule is CNC(Cc1ccncc1)C1CSc2ccccc2O1. The van der Waals surface area contributed by atoms with E-state index in [1.165, 1.54) is 10.5 Å². The molecule has 0 radical (unpaired) electrons. The minimum atomic E-state index is 0.188. The van der Waals surface area contributed by atoms with Crippen LogP contribution in [0.25, 0.3) is 0 Å². The molecule has 0 aliphatic carbocycles. The second-order valence-electron chi connectivity index (χ2n) is 4.87. The van der Waals surface area contributed by atoms with Crippen molar-refractivity contribution in [1.82, 2.24) is 10.3 Å². The van der Waals surface area contributed by atoms with Crippen LogP contribution in [0.4, 0.5) is 0 Å². The Morgan fingerprint density at radius 3 is 2.90 bits per heavy atom. The minimum absolute atomic E-state index is 0.188. The van der Waals surface area contributed by atoms with Gasteiger partial charge in [0.25, 0.3) is 0 Å². The Bertz CT molecular complexity index is 561. The zero-order chi connectivity index (χ0) is 13.8. The molecule has 2 heterocycles. The van der Waals surface area contributed by atoms with Gasteiger partial charge in [-0.05, 0) is 43.3 Å². The first kappa shape index (κ1) is 13.5. The molecule has 0 amide bonds. The lowest BCUT2D eigenvalue weighted by Gasteiger charge is -2.31. The van der Waals surface area contributed by atoms with Gasteiger partial charge in [-0.15, -0.1) is 11.8 Å². The highest BCUT2D eigenvalue weighted by Crippen LogP contribution is 2.35. The number of aromatic nitrogens is 1. The smallest absolute Gasteiger partial charge is 0.133 e. The zero-order valence-electron chi connectivity index (χ0n) is 11.5. The van der Waals surface area contributed by atoms with Crippen LogP contribution in [0.5, 0.6) is 5.75 Å². The van der Waals surface area contributed by atoms with Crippen molar-refractivity contribution in [3.05, 3.63) is 54.4 Å². The molecule has 3 rings (SSSR count). The molecule has 1 aliphatic heterocycles. The molecule has 0 saturated heterocycles. The first-order valence-corrected chi connectivity index (χ1v) is 7.80. The summed E-state index contributed by atoms with van der Waals surface area (Å²) in [6, 6.07) is 12.7. The van der Waals surface area contributed by atoms with Gasteiger partial charge in [0.2, 0.25) is 0 Å². The highest BCUT2D eigenvalue weighted by molar-refractivity contribution is 7.99. The lowest BCUT2D eigenvalue weighted by atomic mass is 10.0. The number of hydrogen-bond donors (Lipinski definition) is 1. The predicted octanol–water partition coefficient (Wildman–Crippen LogP) is 2.77. The second-order valence-corrected chi connectivity index (χ2v) is 5.93. The third kappa shape index (κ3) is 2.97. The fourth-order valence-corrected chi connectivity index (χ4v) is 3.50. The van der Waals surface area contributed by atoms with Crippen LogP contribution >= 0.6 is 11.8 Å². The summed E-state index contributed by atoms with van der Waals surface area (Å²) < 4.78 is 6.16. The average Bonchev–Trinajstić information content (AvgIpc) is 2.53. The van der Waals surface area contributed by atoms with Gasteiger partial charge in [-0.3, -0.25) is 4.98 Å². The molecular formula is C16H18N2OS. The highest BCUT2D eigenvalue weighted by atomic mass is 32.2. The van der Waals surface area contributed by atoms with Crippen LogP contribution in [-0.2, 0) is 6.42 Å². The lowest BCUT2D eigenvalue weighted by Crippen LogP contribution is -2.45. The molecular weight excluding hydrogens is 268 g/mol. The monoisotopic (exact) mass is 286 g/mol. The van der Waals surface area contributed by atoms with E-state index in [4.69, 9.17) is 4.74 Å². The Labute approximate surface area is 123 Å². The number of ether oxygens (including phenoxy) is 1. The van der Waals surface area contributed by atoms with Gasteiger partial charge in [0, 0.05) is 29.1 Å². The first-order valence-electron chi connectivity index (χ1n) is 6.81. The molecule has 1 aliphatic rings. The topological polar surface area (TPSA) is 34.2 Å². The maximum atomic E-state index is 6.16. The van der Waals surface area contributed by atoms with Crippen LogP contribution in [0, 0.1) is 0 Å². The molecule has 2 aromatic rings. The van der Waals surface area contributed by atoms with Gasteiger partial charge < -0.3 is 10.1 Å². The van der Waals surface area contributed by atoms with Crippen molar-refractivity contribution >= 4 is 11.8 Å². The van der Waals surface area contributed by atoms with Crippen LogP contribution in [0.2, 0.25) is 0 Å². The summed E-state index contributed by atoms with van der Waals surface area (Å²) in [4.78, 5) is 5.30. The number of fused-ring (bicyclic) bond motifs is 1. The molecule has 0 spiro atoms. The largest absolute Gasteiger partial charge is 0.487 e. The standard InChI is InChI=1S/C16H18N2OS/c1-17-13(10-12-6-8-18-9-7-12)15-11-20-16-5-3-2-4-14(16)19-15/h2-9,13,15,17H,10-11H2,1H3. The van der Waals surface area contributed by atoms with Crippen LogP contribution in [0.1, 0.15) is 5.56 Å². The maximum absolute atomic E-state index is 6.16. The molecule has 0 saturated carbocycles. The zero-order valence-corrected chi connectivity index (χ0v) is 12.3. The fraction of sp³-hybridized carbons (Fsp3) is 0.312. The van der Waals surface area contributed by atoms with E-state index in [0.29, 0.717) is 6.04 Å². The number of hydrogen-bond acceptors (Lipinski definition) is 4. The quantitative estimate of drug-likeness (QED) is 0.937. The Kier molecular flexibility index (Phi) is 4.23. The summed E-state index contributed by atoms with van der Waals surface area (Å²) in [5.74, 6) is 1.98. The van der Waals surface area contributed by atoms with Gasteiger partial charge in [0.05, 0.1) is 0 Å². The van der Waals surface area contributed by atoms with Crippen LogP contribution < -0.4 is 10.1 Å². The van der Waals surface area contributed by atoms with E-state index in [1.807, 2.05) is 43.3 Å². The molecule has 104 valence electrons. The third-order valence-electron chi connectivity index (χ3n) is 3.56. The number of thioether (sulfide) groups is 1. The van der Waals surface area contributed by atoms with Crippen molar-refractivity contribution in [2.24, 2.45) is 0 Å². The van der Waals surface area contributed by atoms with Crippen LogP contribution in [0.3, 0.4) is 0 Å². The maximum Gasteiger partial charge on any atom is 0.133 e. The van der Waals surface area contributed by atoms with Crippen LogP contribution in [-0.4, -0.2) is 29.9 Å². The van der Waals surface area contributed by atoms with Crippen molar-refractivity contribution in [1.29, 1.82) is 0 Å². The lowest BCUT2D eigenvalue weighted by molar-refractivity contribution is 0.169. The summed E-state index contributed by atoms with van der Waals surface area (Å²) >= 11 is 1.87. The van der Waals surface area contributed by atoms with E-state index in [0.717, 1.165) is 17.9 Å². The normalized spacial score (nSPS) is 18.9. The molecule has 1 aromatic carbocycles. The van der Waals surface area contributed by atoms with E-state index in [2.05, 4.69) is 34.6 Å². The summed E-state index contributed by atoms with van der Waals surface area (Å²) in [7, 11) is 2.00. The molecule has 2 atom stereocenters. The van der Waals surface area contributed by atoms with E-state index >= 15 is 0 Å². The molecule has 2 unspecified atom stereocenters. The Morgan fingerprint density at radius 2 is 2.10 bits per heavy atom. The number of pyridine rings is 1. The molecule has 0 fully saturated rings. The summed E-state index contributed by atoms with van der Waals surface area (Å²) in [6.07, 6.45) is 4.82. The average molecular weight is 286 g/mol. The van der Waals surface area contributed by atoms with Crippen molar-refractivity contribution in [2.75, 3.05) is 12.8 Å². The number of nitrogens with zero attached hydrogens (tertiary/aromatic N) is 1. The summed E-state index contributed by atoms with van der Waals surface area (Å²) in [5.41, 5.74) is 1.28. The van der Waals surface area contributed by atoms with Crippen molar-refractivity contribution in [2.45, 2.75) is 23.5 Å². The Hall–Kier alpha value is -1.52. The summed E-state index contributed by atoms with van der Waals surface area (Å²) in [6.45, 7) is 0. The minimum Gasteiger partial charge on any atom is -0.487 e. The van der Waals surface area contributed by atoms with Gasteiger partial charge in [0.1, 0.15) is 11.9 Å². The number of para-hydroxylation sites is 1. The molecule has 0 bridgehead atoms. The van der Waals surface area contributed by atoms with Crippen molar-refractivity contribution in [3.63, 3.8) is 0 Å². The Morgan fingerprint density at radius 1 is 1.30 bits per heavy atom. The molecule has 4 heteroatoms. The van der Waals surface area contributed by atoms with E-state index < -0.39 is 0 Å². The van der Waals surface area contributed by atoms with Gasteiger partial charge >= 0.3 is 0 Å². The van der Waals surface area contributed by atoms with E-state index in [-0.39, 0.29) is 6.10 Å². The van der Waals surface area contributed by atoms with Crippen LogP contribution in [0.15, 0.2) is 53.7 Å². The number of benzene rings is 1. The number of likely N-dealkylation sites (N-methyl/N-ethyl adjacent to an activating group) is 1. The molecule has 1 N–H and O–H groups in total. The predicted molar refractivity (Wildman–Crippen MR) is 82.4 cm³/mol. The van der Waals surface area contributed by atoms with Crippen molar-refractivity contribution in [3.8, 4) is 5.75 Å². The van der Waals surface area contributed by atoms with Crippen molar-refractivity contribution < 1.29 is 4.74 Å². The second kappa shape index (κ2) is 6.29. The first-order chi connectivity index (χ1) is 9.86. The fourth-order valence-electron chi connectivity index (χ4n) is 2.43. The number of rotatable bonds is 4. The molecule has 20 heavy (non-hydrogen) atoms. The molecule has 3 nitrogen and oxygen atoms in total. The van der Waals surface area contributed by atoms with Gasteiger partial charge in [-0.2, -0.15) is 0 Å². The van der Waals surface area contributed by atoms with Gasteiger partial charge in [-0.25, -0.2) is 0 Å².